The molecular formula is C25H25F2N7O. The number of piperazine rings is 1. The fourth-order valence-electron chi connectivity index (χ4n) is 4.31. The first-order chi connectivity index (χ1) is 16.9. The molecule has 1 fully saturated rings. The van der Waals surface area contributed by atoms with Crippen molar-refractivity contribution in [3.8, 4) is 11.3 Å². The van der Waals surface area contributed by atoms with Crippen LogP contribution in [0.3, 0.4) is 0 Å². The Balaban J connectivity index is 1.48. The summed E-state index contributed by atoms with van der Waals surface area (Å²) >= 11 is 0. The van der Waals surface area contributed by atoms with Gasteiger partial charge in [-0.2, -0.15) is 0 Å². The molecule has 1 aromatic carbocycles. The van der Waals surface area contributed by atoms with Gasteiger partial charge in [-0.1, -0.05) is 0 Å². The van der Waals surface area contributed by atoms with Gasteiger partial charge < -0.3 is 20.1 Å². The van der Waals surface area contributed by atoms with Gasteiger partial charge in [-0.05, 0) is 44.2 Å². The second-order valence-corrected chi connectivity index (χ2v) is 8.68. The molecule has 0 unspecified atom stereocenters. The summed E-state index contributed by atoms with van der Waals surface area (Å²) in [6.07, 6.45) is 2.80. The Bertz CT molecular complexity index is 1430. The highest BCUT2D eigenvalue weighted by Gasteiger charge is 2.17. The van der Waals surface area contributed by atoms with E-state index < -0.39 is 11.6 Å². The molecule has 0 saturated carbocycles. The third-order valence-electron chi connectivity index (χ3n) is 6.00. The van der Waals surface area contributed by atoms with Crippen LogP contribution in [-0.2, 0) is 0 Å². The van der Waals surface area contributed by atoms with Crippen molar-refractivity contribution in [2.24, 2.45) is 0 Å². The molecule has 0 aliphatic carbocycles. The molecule has 4 heterocycles. The minimum atomic E-state index is -0.703. The minimum absolute atomic E-state index is 0.0765. The van der Waals surface area contributed by atoms with Gasteiger partial charge >= 0.3 is 0 Å². The number of pyridine rings is 2. The van der Waals surface area contributed by atoms with Crippen LogP contribution in [0.4, 0.5) is 26.2 Å². The van der Waals surface area contributed by atoms with Gasteiger partial charge in [0.1, 0.15) is 17.3 Å². The molecule has 5 rings (SSSR count). The Labute approximate surface area is 200 Å². The van der Waals surface area contributed by atoms with E-state index in [1.54, 1.807) is 18.3 Å². The minimum Gasteiger partial charge on any atom is -0.368 e. The summed E-state index contributed by atoms with van der Waals surface area (Å²) in [6.45, 7) is 7.33. The van der Waals surface area contributed by atoms with Crippen molar-refractivity contribution in [3.63, 3.8) is 0 Å². The highest BCUT2D eigenvalue weighted by atomic mass is 19.1. The second-order valence-electron chi connectivity index (χ2n) is 8.68. The van der Waals surface area contributed by atoms with Crippen LogP contribution in [0.1, 0.15) is 19.9 Å². The molecule has 3 aromatic heterocycles. The van der Waals surface area contributed by atoms with Gasteiger partial charge in [0, 0.05) is 49.2 Å². The van der Waals surface area contributed by atoms with Gasteiger partial charge in [0.25, 0.3) is 5.56 Å². The standard InChI is InChI=1S/C25H25F2N7O/c1-15(2)34-21-12-16(11-19(26)18(21)4-6-23(34)35)24-20(27)14-30-25(32-24)31-22-5-3-17(13-29-22)33-9-7-28-8-10-33/h3-6,11-15,28H,7-10H2,1-2H3,(H,29,30,31,32). The van der Waals surface area contributed by atoms with Crippen LogP contribution >= 0.6 is 0 Å². The largest absolute Gasteiger partial charge is 0.368 e. The van der Waals surface area contributed by atoms with Crippen LogP contribution in [0.15, 0.2) is 53.6 Å². The molecule has 0 radical (unpaired) electrons. The lowest BCUT2D eigenvalue weighted by Gasteiger charge is -2.29. The first-order valence-electron chi connectivity index (χ1n) is 11.5. The van der Waals surface area contributed by atoms with Crippen LogP contribution in [0.25, 0.3) is 22.2 Å². The highest BCUT2D eigenvalue weighted by Crippen LogP contribution is 2.29. The first-order valence-corrected chi connectivity index (χ1v) is 11.5. The molecule has 0 amide bonds. The molecule has 10 heteroatoms. The normalized spacial score (nSPS) is 14.0. The van der Waals surface area contributed by atoms with Crippen LogP contribution in [0.5, 0.6) is 0 Å². The zero-order chi connectivity index (χ0) is 24.5. The van der Waals surface area contributed by atoms with Crippen LogP contribution in [0.2, 0.25) is 0 Å². The fourth-order valence-corrected chi connectivity index (χ4v) is 4.31. The summed E-state index contributed by atoms with van der Waals surface area (Å²) in [7, 11) is 0. The van der Waals surface area contributed by atoms with E-state index in [1.807, 2.05) is 19.9 Å². The molecule has 1 aliphatic heterocycles. The lowest BCUT2D eigenvalue weighted by atomic mass is 10.1. The van der Waals surface area contributed by atoms with Crippen molar-refractivity contribution in [1.82, 2.24) is 24.8 Å². The zero-order valence-electron chi connectivity index (χ0n) is 19.4. The molecule has 1 saturated heterocycles. The average Bonchev–Trinajstić information content (AvgIpc) is 2.85. The van der Waals surface area contributed by atoms with Gasteiger partial charge in [-0.3, -0.25) is 4.79 Å². The number of hydrogen-bond donors (Lipinski definition) is 2. The maximum Gasteiger partial charge on any atom is 0.251 e. The summed E-state index contributed by atoms with van der Waals surface area (Å²) < 4.78 is 31.2. The lowest BCUT2D eigenvalue weighted by Crippen LogP contribution is -2.43. The van der Waals surface area contributed by atoms with Gasteiger partial charge in [0.05, 0.1) is 23.6 Å². The number of nitrogens with one attached hydrogen (secondary N) is 2. The average molecular weight is 478 g/mol. The number of halogens is 2. The van der Waals surface area contributed by atoms with Crippen LogP contribution in [0, 0.1) is 11.6 Å². The van der Waals surface area contributed by atoms with E-state index in [0.29, 0.717) is 11.3 Å². The van der Waals surface area contributed by atoms with Crippen molar-refractivity contribution in [1.29, 1.82) is 0 Å². The summed E-state index contributed by atoms with van der Waals surface area (Å²) in [4.78, 5) is 27.4. The fraction of sp³-hybridized carbons (Fsp3) is 0.280. The molecule has 8 nitrogen and oxygen atoms in total. The number of nitrogens with zero attached hydrogens (tertiary/aromatic N) is 5. The van der Waals surface area contributed by atoms with Gasteiger partial charge in [0.2, 0.25) is 5.95 Å². The highest BCUT2D eigenvalue weighted by molar-refractivity contribution is 5.85. The summed E-state index contributed by atoms with van der Waals surface area (Å²) in [6, 6.07) is 9.12. The number of hydrogen-bond acceptors (Lipinski definition) is 7. The molecular weight excluding hydrogens is 452 g/mol. The lowest BCUT2D eigenvalue weighted by molar-refractivity contribution is 0.589. The van der Waals surface area contributed by atoms with Crippen molar-refractivity contribution < 1.29 is 8.78 Å². The summed E-state index contributed by atoms with van der Waals surface area (Å²) in [5.41, 5.74) is 1.26. The Morgan fingerprint density at radius 2 is 1.80 bits per heavy atom. The van der Waals surface area contributed by atoms with Crippen LogP contribution in [-0.4, -0.2) is 45.7 Å². The van der Waals surface area contributed by atoms with Crippen molar-refractivity contribution in [2.75, 3.05) is 36.4 Å². The third-order valence-corrected chi connectivity index (χ3v) is 6.00. The number of fused-ring (bicyclic) bond motifs is 1. The van der Waals surface area contributed by atoms with E-state index >= 15 is 0 Å². The van der Waals surface area contributed by atoms with Gasteiger partial charge in [-0.25, -0.2) is 23.7 Å². The zero-order valence-corrected chi connectivity index (χ0v) is 19.4. The Morgan fingerprint density at radius 1 is 1.00 bits per heavy atom. The molecule has 0 spiro atoms. The predicted molar refractivity (Wildman–Crippen MR) is 132 cm³/mol. The number of rotatable bonds is 5. The van der Waals surface area contributed by atoms with E-state index in [2.05, 4.69) is 30.5 Å². The van der Waals surface area contributed by atoms with E-state index in [0.717, 1.165) is 38.1 Å². The smallest absolute Gasteiger partial charge is 0.251 e. The summed E-state index contributed by atoms with van der Waals surface area (Å²) in [5, 5.41) is 6.58. The predicted octanol–water partition coefficient (Wildman–Crippen LogP) is 3.87. The molecule has 1 aliphatic rings. The van der Waals surface area contributed by atoms with Gasteiger partial charge in [0.15, 0.2) is 5.82 Å². The second kappa shape index (κ2) is 9.38. The topological polar surface area (TPSA) is 88.0 Å². The van der Waals surface area contributed by atoms with E-state index in [1.165, 1.54) is 22.8 Å². The molecule has 4 aromatic rings. The quantitative estimate of drug-likeness (QED) is 0.451. The SMILES string of the molecule is CC(C)n1c(=O)ccc2c(F)cc(-c3nc(Nc4ccc(N5CCNCC5)cn4)ncc3F)cc21. The molecule has 2 N–H and O–H groups in total. The molecule has 35 heavy (non-hydrogen) atoms. The monoisotopic (exact) mass is 477 g/mol. The van der Waals surface area contributed by atoms with E-state index in [-0.39, 0.29) is 34.2 Å². The Hall–Kier alpha value is -3.92. The van der Waals surface area contributed by atoms with Crippen molar-refractivity contribution in [2.45, 2.75) is 19.9 Å². The number of benzene rings is 1. The van der Waals surface area contributed by atoms with Gasteiger partial charge in [-0.15, -0.1) is 0 Å². The maximum atomic E-state index is 15.0. The molecule has 0 atom stereocenters. The van der Waals surface area contributed by atoms with E-state index in [4.69, 9.17) is 0 Å². The molecule has 0 bridgehead atoms. The number of anilines is 3. The van der Waals surface area contributed by atoms with Crippen molar-refractivity contribution >= 4 is 28.4 Å². The Morgan fingerprint density at radius 3 is 2.51 bits per heavy atom. The van der Waals surface area contributed by atoms with E-state index in [9.17, 15) is 13.6 Å². The van der Waals surface area contributed by atoms with Crippen molar-refractivity contribution in [3.05, 3.63) is 70.8 Å². The maximum absolute atomic E-state index is 15.0. The first kappa shape index (κ1) is 22.9. The molecule has 180 valence electrons. The van der Waals surface area contributed by atoms with Crippen LogP contribution < -0.4 is 21.1 Å². The number of aromatic nitrogens is 4. The Kier molecular flexibility index (Phi) is 6.12. The summed E-state index contributed by atoms with van der Waals surface area (Å²) in [5.74, 6) is -0.645. The third kappa shape index (κ3) is 4.57.